The van der Waals surface area contributed by atoms with Crippen molar-refractivity contribution >= 4 is 46.6 Å². The number of amides is 1. The summed E-state index contributed by atoms with van der Waals surface area (Å²) in [5.41, 5.74) is 3.43. The molecule has 2 aromatic heterocycles. The summed E-state index contributed by atoms with van der Waals surface area (Å²) in [7, 11) is 0. The monoisotopic (exact) mass is 483 g/mol. The minimum atomic E-state index is -0.244. The Morgan fingerprint density at radius 2 is 1.69 bits per heavy atom. The second kappa shape index (κ2) is 10.2. The lowest BCUT2D eigenvalue weighted by molar-refractivity contribution is -0.113. The van der Waals surface area contributed by atoms with E-state index in [1.165, 1.54) is 17.3 Å². The fourth-order valence-corrected chi connectivity index (χ4v) is 4.33. The maximum atomic E-state index is 12.6. The van der Waals surface area contributed by atoms with Gasteiger partial charge < -0.3 is 5.32 Å². The molecule has 1 N–H and O–H groups in total. The quantitative estimate of drug-likeness (QED) is 0.329. The first-order valence-corrected chi connectivity index (χ1v) is 11.6. The topological polar surface area (TPSA) is 72.7 Å². The van der Waals surface area contributed by atoms with Crippen molar-refractivity contribution in [2.45, 2.75) is 18.5 Å². The highest BCUT2D eigenvalue weighted by molar-refractivity contribution is 7.99. The molecule has 0 aliphatic heterocycles. The number of halogens is 2. The number of hydrogen-bond donors (Lipinski definition) is 1. The van der Waals surface area contributed by atoms with Crippen molar-refractivity contribution in [3.05, 3.63) is 82.6 Å². The smallest absolute Gasteiger partial charge is 0.234 e. The summed E-state index contributed by atoms with van der Waals surface area (Å²) in [6, 6.07) is 17.0. The van der Waals surface area contributed by atoms with E-state index in [-0.39, 0.29) is 11.7 Å². The molecule has 0 spiro atoms. The average molecular weight is 484 g/mol. The van der Waals surface area contributed by atoms with E-state index in [0.29, 0.717) is 26.7 Å². The zero-order valence-electron chi connectivity index (χ0n) is 17.1. The van der Waals surface area contributed by atoms with Crippen LogP contribution in [0.5, 0.6) is 0 Å². The Kier molecular flexibility index (Phi) is 7.09. The number of para-hydroxylation sites is 1. The van der Waals surface area contributed by atoms with Crippen LogP contribution in [-0.4, -0.2) is 31.4 Å². The fourth-order valence-electron chi connectivity index (χ4n) is 3.09. The van der Waals surface area contributed by atoms with E-state index in [2.05, 4.69) is 39.6 Å². The van der Waals surface area contributed by atoms with Crippen molar-refractivity contribution in [1.29, 1.82) is 0 Å². The Balaban J connectivity index is 1.61. The van der Waals surface area contributed by atoms with Crippen LogP contribution in [-0.2, 0) is 11.2 Å². The highest BCUT2D eigenvalue weighted by Crippen LogP contribution is 2.31. The van der Waals surface area contributed by atoms with E-state index in [1.54, 1.807) is 30.6 Å². The zero-order valence-corrected chi connectivity index (χ0v) is 19.5. The Labute approximate surface area is 200 Å². The zero-order chi connectivity index (χ0) is 22.5. The minimum Gasteiger partial charge on any atom is -0.323 e. The summed E-state index contributed by atoms with van der Waals surface area (Å²) in [4.78, 5) is 16.7. The van der Waals surface area contributed by atoms with Crippen LogP contribution in [0.4, 0.5) is 5.69 Å². The van der Waals surface area contributed by atoms with E-state index in [0.717, 1.165) is 17.7 Å². The maximum Gasteiger partial charge on any atom is 0.234 e. The van der Waals surface area contributed by atoms with E-state index < -0.39 is 0 Å². The number of rotatable bonds is 7. The molecule has 9 heteroatoms. The predicted molar refractivity (Wildman–Crippen MR) is 130 cm³/mol. The van der Waals surface area contributed by atoms with Gasteiger partial charge in [-0.05, 0) is 48.4 Å². The molecule has 0 saturated carbocycles. The number of nitrogens with one attached hydrogen (secondary N) is 1. The van der Waals surface area contributed by atoms with Crippen LogP contribution in [0.25, 0.3) is 17.1 Å². The lowest BCUT2D eigenvalue weighted by Crippen LogP contribution is -2.15. The molecular weight excluding hydrogens is 465 g/mol. The Morgan fingerprint density at radius 3 is 2.34 bits per heavy atom. The first-order chi connectivity index (χ1) is 15.6. The van der Waals surface area contributed by atoms with Gasteiger partial charge in [-0.3, -0.25) is 14.3 Å². The number of carbonyl (C=O) groups is 1. The molecule has 4 rings (SSSR count). The molecule has 0 fully saturated rings. The number of anilines is 1. The molecule has 0 aliphatic carbocycles. The predicted octanol–water partition coefficient (Wildman–Crippen LogP) is 5.93. The molecule has 162 valence electrons. The second-order valence-corrected chi connectivity index (χ2v) is 8.59. The molecule has 2 heterocycles. The fraction of sp³-hybridized carbons (Fsp3) is 0.130. The van der Waals surface area contributed by atoms with E-state index in [4.69, 9.17) is 23.2 Å². The third-order valence-corrected chi connectivity index (χ3v) is 6.29. The number of aryl methyl sites for hydroxylation is 1. The van der Waals surface area contributed by atoms with Crippen molar-refractivity contribution < 1.29 is 4.79 Å². The maximum absolute atomic E-state index is 12.6. The first-order valence-electron chi connectivity index (χ1n) is 9.88. The van der Waals surface area contributed by atoms with Crippen LogP contribution in [0.2, 0.25) is 10.0 Å². The molecule has 0 radical (unpaired) electrons. The van der Waals surface area contributed by atoms with Gasteiger partial charge in [-0.15, -0.1) is 10.2 Å². The van der Waals surface area contributed by atoms with Gasteiger partial charge in [-0.25, -0.2) is 0 Å². The van der Waals surface area contributed by atoms with Gasteiger partial charge in [0.05, 0.1) is 21.5 Å². The van der Waals surface area contributed by atoms with Crippen molar-refractivity contribution in [1.82, 2.24) is 19.7 Å². The number of pyridine rings is 1. The summed E-state index contributed by atoms with van der Waals surface area (Å²) in [6.45, 7) is 2.11. The molecule has 32 heavy (non-hydrogen) atoms. The molecule has 0 bridgehead atoms. The van der Waals surface area contributed by atoms with Crippen molar-refractivity contribution in [2.75, 3.05) is 11.1 Å². The van der Waals surface area contributed by atoms with E-state index in [1.807, 2.05) is 28.8 Å². The number of carbonyl (C=O) groups excluding carboxylic acids is 1. The summed E-state index contributed by atoms with van der Waals surface area (Å²) < 4.78 is 1.94. The number of hydrogen-bond acceptors (Lipinski definition) is 5. The van der Waals surface area contributed by atoms with Crippen LogP contribution in [0.15, 0.2) is 72.1 Å². The number of benzene rings is 2. The van der Waals surface area contributed by atoms with Crippen molar-refractivity contribution in [2.24, 2.45) is 0 Å². The van der Waals surface area contributed by atoms with Gasteiger partial charge in [0.2, 0.25) is 5.91 Å². The van der Waals surface area contributed by atoms with Gasteiger partial charge in [-0.2, -0.15) is 0 Å². The largest absolute Gasteiger partial charge is 0.323 e. The molecule has 0 unspecified atom stereocenters. The van der Waals surface area contributed by atoms with E-state index >= 15 is 0 Å². The van der Waals surface area contributed by atoms with E-state index in [9.17, 15) is 4.79 Å². The van der Waals surface area contributed by atoms with Crippen LogP contribution in [0.3, 0.4) is 0 Å². The molecule has 0 saturated heterocycles. The minimum absolute atomic E-state index is 0.114. The Bertz CT molecular complexity index is 1210. The van der Waals surface area contributed by atoms with Gasteiger partial charge in [0.1, 0.15) is 0 Å². The van der Waals surface area contributed by atoms with Gasteiger partial charge in [0, 0.05) is 23.6 Å². The van der Waals surface area contributed by atoms with Crippen molar-refractivity contribution in [3.63, 3.8) is 0 Å². The van der Waals surface area contributed by atoms with Crippen LogP contribution < -0.4 is 5.32 Å². The third-order valence-electron chi connectivity index (χ3n) is 4.73. The number of nitrogens with zero attached hydrogens (tertiary/aromatic N) is 4. The third kappa shape index (κ3) is 4.96. The molecule has 1 amide bonds. The molecule has 0 atom stereocenters. The Morgan fingerprint density at radius 1 is 1.00 bits per heavy atom. The standard InChI is InChI=1S/C23H19Cl2N5OS/c1-2-15-6-8-17(9-7-15)30-22(16-10-12-26-13-11-16)28-29-23(30)32-14-20(31)27-21-18(24)4-3-5-19(21)25/h3-13H,2,14H2,1H3,(H,27,31). The highest BCUT2D eigenvalue weighted by Gasteiger charge is 2.18. The lowest BCUT2D eigenvalue weighted by Gasteiger charge is -2.12. The normalized spacial score (nSPS) is 10.8. The van der Waals surface area contributed by atoms with Crippen LogP contribution >= 0.6 is 35.0 Å². The molecule has 4 aromatic rings. The number of thioether (sulfide) groups is 1. The SMILES string of the molecule is CCc1ccc(-n2c(SCC(=O)Nc3c(Cl)cccc3Cl)nnc2-c2ccncc2)cc1. The molecule has 2 aromatic carbocycles. The van der Waals surface area contributed by atoms with Gasteiger partial charge in [-0.1, -0.05) is 60.1 Å². The summed E-state index contributed by atoms with van der Waals surface area (Å²) >= 11 is 13.6. The second-order valence-electron chi connectivity index (χ2n) is 6.83. The van der Waals surface area contributed by atoms with Crippen LogP contribution in [0.1, 0.15) is 12.5 Å². The number of aromatic nitrogens is 4. The summed E-state index contributed by atoms with van der Waals surface area (Å²) in [5, 5.41) is 12.9. The molecular formula is C23H19Cl2N5OS. The van der Waals surface area contributed by atoms with Crippen molar-refractivity contribution in [3.8, 4) is 17.1 Å². The summed E-state index contributed by atoms with van der Waals surface area (Å²) in [5.74, 6) is 0.545. The highest BCUT2D eigenvalue weighted by atomic mass is 35.5. The van der Waals surface area contributed by atoms with Crippen LogP contribution in [0, 0.1) is 0 Å². The first kappa shape index (κ1) is 22.3. The Hall–Kier alpha value is -2.87. The van der Waals surface area contributed by atoms with Gasteiger partial charge in [0.15, 0.2) is 11.0 Å². The molecule has 0 aliphatic rings. The lowest BCUT2D eigenvalue weighted by atomic mass is 10.1. The average Bonchev–Trinajstić information content (AvgIpc) is 3.25. The van der Waals surface area contributed by atoms with Gasteiger partial charge >= 0.3 is 0 Å². The molecule has 6 nitrogen and oxygen atoms in total. The summed E-state index contributed by atoms with van der Waals surface area (Å²) in [6.07, 6.45) is 4.37. The van der Waals surface area contributed by atoms with Gasteiger partial charge in [0.25, 0.3) is 0 Å².